The first-order valence-electron chi connectivity index (χ1n) is 10.3. The van der Waals surface area contributed by atoms with E-state index in [2.05, 4.69) is 5.32 Å². The van der Waals surface area contributed by atoms with Crippen molar-refractivity contribution in [3.8, 4) is 5.75 Å². The molecule has 0 saturated carbocycles. The quantitative estimate of drug-likeness (QED) is 0.798. The van der Waals surface area contributed by atoms with E-state index in [1.165, 1.54) is 0 Å². The third kappa shape index (κ3) is 4.15. The monoisotopic (exact) mass is 407 g/mol. The predicted molar refractivity (Wildman–Crippen MR) is 115 cm³/mol. The second-order valence-corrected chi connectivity index (χ2v) is 7.52. The number of nitrogens with zero attached hydrogens (tertiary/aromatic N) is 2. The molecule has 2 saturated heterocycles. The van der Waals surface area contributed by atoms with Crippen LogP contribution in [0.3, 0.4) is 0 Å². The zero-order valence-electron chi connectivity index (χ0n) is 17.0. The molecule has 0 aliphatic carbocycles. The minimum atomic E-state index is -0.413. The van der Waals surface area contributed by atoms with E-state index in [4.69, 9.17) is 4.74 Å². The topological polar surface area (TPSA) is 79.0 Å². The van der Waals surface area contributed by atoms with Crippen LogP contribution in [0.4, 0.5) is 17.1 Å². The summed E-state index contributed by atoms with van der Waals surface area (Å²) in [5, 5.41) is 2.89. The fourth-order valence-electron chi connectivity index (χ4n) is 3.91. The van der Waals surface area contributed by atoms with Crippen LogP contribution in [0.1, 0.15) is 26.2 Å². The smallest absolute Gasteiger partial charge is 0.229 e. The van der Waals surface area contributed by atoms with Gasteiger partial charge in [-0.1, -0.05) is 0 Å². The summed E-state index contributed by atoms with van der Waals surface area (Å²) in [7, 11) is 0. The molecule has 2 fully saturated rings. The van der Waals surface area contributed by atoms with Gasteiger partial charge in [0, 0.05) is 43.0 Å². The first-order valence-corrected chi connectivity index (χ1v) is 10.3. The number of ether oxygens (including phenoxy) is 1. The Morgan fingerprint density at radius 3 is 2.30 bits per heavy atom. The molecule has 156 valence electrons. The van der Waals surface area contributed by atoms with Crippen molar-refractivity contribution in [3.05, 3.63) is 48.5 Å². The van der Waals surface area contributed by atoms with Crippen LogP contribution in [0.25, 0.3) is 0 Å². The highest BCUT2D eigenvalue weighted by Gasteiger charge is 2.35. The molecule has 0 aromatic heterocycles. The Balaban J connectivity index is 1.37. The van der Waals surface area contributed by atoms with E-state index in [0.717, 1.165) is 30.1 Å². The third-order valence-electron chi connectivity index (χ3n) is 5.48. The van der Waals surface area contributed by atoms with E-state index in [1.54, 1.807) is 21.9 Å². The molecular formula is C23H25N3O4. The number of carbonyl (C=O) groups excluding carboxylic acids is 3. The van der Waals surface area contributed by atoms with Gasteiger partial charge in [0.05, 0.1) is 12.5 Å². The lowest BCUT2D eigenvalue weighted by Crippen LogP contribution is -2.28. The first kappa shape index (κ1) is 19.9. The van der Waals surface area contributed by atoms with Crippen LogP contribution in [0.15, 0.2) is 48.5 Å². The standard InChI is InChI=1S/C23H25N3O4/c1-2-30-20-11-9-19(10-12-20)26-15-16(14-22(26)28)23(29)24-17-5-7-18(8-6-17)25-13-3-4-21(25)27/h5-12,16H,2-4,13-15H2,1H3,(H,24,29)/t16-/m1/s1. The summed E-state index contributed by atoms with van der Waals surface area (Å²) in [5.41, 5.74) is 2.26. The fraction of sp³-hybridized carbons (Fsp3) is 0.348. The predicted octanol–water partition coefficient (Wildman–Crippen LogP) is 3.20. The van der Waals surface area contributed by atoms with Gasteiger partial charge in [-0.2, -0.15) is 0 Å². The number of carbonyl (C=O) groups is 3. The molecule has 2 aromatic rings. The van der Waals surface area contributed by atoms with E-state index in [1.807, 2.05) is 43.3 Å². The Hall–Kier alpha value is -3.35. The Labute approximate surface area is 175 Å². The van der Waals surface area contributed by atoms with Gasteiger partial charge in [-0.05, 0) is 61.9 Å². The molecule has 0 unspecified atom stereocenters. The molecular weight excluding hydrogens is 382 g/mol. The van der Waals surface area contributed by atoms with E-state index in [0.29, 0.717) is 25.3 Å². The van der Waals surface area contributed by atoms with Gasteiger partial charge >= 0.3 is 0 Å². The maximum Gasteiger partial charge on any atom is 0.229 e. The summed E-state index contributed by atoms with van der Waals surface area (Å²) >= 11 is 0. The molecule has 2 aliphatic rings. The van der Waals surface area contributed by atoms with Crippen molar-refractivity contribution in [3.63, 3.8) is 0 Å². The summed E-state index contributed by atoms with van der Waals surface area (Å²) in [6.07, 6.45) is 1.64. The van der Waals surface area contributed by atoms with Gasteiger partial charge in [-0.3, -0.25) is 14.4 Å². The van der Waals surface area contributed by atoms with Crippen molar-refractivity contribution in [2.75, 3.05) is 34.8 Å². The number of benzene rings is 2. The van der Waals surface area contributed by atoms with Crippen LogP contribution < -0.4 is 19.9 Å². The third-order valence-corrected chi connectivity index (χ3v) is 5.48. The molecule has 7 nitrogen and oxygen atoms in total. The minimum Gasteiger partial charge on any atom is -0.494 e. The molecule has 1 N–H and O–H groups in total. The van der Waals surface area contributed by atoms with Crippen molar-refractivity contribution in [1.29, 1.82) is 0 Å². The normalized spacial score (nSPS) is 18.8. The van der Waals surface area contributed by atoms with Crippen molar-refractivity contribution in [2.24, 2.45) is 5.92 Å². The molecule has 2 aromatic carbocycles. The Bertz CT molecular complexity index is 940. The molecule has 0 bridgehead atoms. The molecule has 1 atom stereocenters. The molecule has 0 radical (unpaired) electrons. The van der Waals surface area contributed by atoms with Gasteiger partial charge in [-0.15, -0.1) is 0 Å². The first-order chi connectivity index (χ1) is 14.5. The van der Waals surface area contributed by atoms with Gasteiger partial charge in [0.1, 0.15) is 5.75 Å². The van der Waals surface area contributed by atoms with Crippen molar-refractivity contribution in [1.82, 2.24) is 0 Å². The second kappa shape index (κ2) is 8.57. The Morgan fingerprint density at radius 2 is 1.67 bits per heavy atom. The van der Waals surface area contributed by atoms with Crippen molar-refractivity contribution in [2.45, 2.75) is 26.2 Å². The second-order valence-electron chi connectivity index (χ2n) is 7.52. The SMILES string of the molecule is CCOc1ccc(N2C[C@H](C(=O)Nc3ccc(N4CCCC4=O)cc3)CC2=O)cc1. The average molecular weight is 407 g/mol. The van der Waals surface area contributed by atoms with E-state index in [9.17, 15) is 14.4 Å². The maximum atomic E-state index is 12.7. The number of amides is 3. The lowest BCUT2D eigenvalue weighted by atomic mass is 10.1. The van der Waals surface area contributed by atoms with Crippen molar-refractivity contribution < 1.29 is 19.1 Å². The van der Waals surface area contributed by atoms with Gasteiger partial charge in [0.15, 0.2) is 0 Å². The number of hydrogen-bond donors (Lipinski definition) is 1. The number of rotatable bonds is 6. The van der Waals surface area contributed by atoms with Crippen LogP contribution in [-0.2, 0) is 14.4 Å². The fourth-order valence-corrected chi connectivity index (χ4v) is 3.91. The van der Waals surface area contributed by atoms with E-state index in [-0.39, 0.29) is 24.1 Å². The van der Waals surface area contributed by atoms with Gasteiger partial charge < -0.3 is 19.9 Å². The zero-order valence-corrected chi connectivity index (χ0v) is 17.0. The Morgan fingerprint density at radius 1 is 1.00 bits per heavy atom. The van der Waals surface area contributed by atoms with Gasteiger partial charge in [0.2, 0.25) is 17.7 Å². The zero-order chi connectivity index (χ0) is 21.1. The highest BCUT2D eigenvalue weighted by atomic mass is 16.5. The minimum absolute atomic E-state index is 0.0674. The van der Waals surface area contributed by atoms with Crippen molar-refractivity contribution >= 4 is 34.8 Å². The molecule has 30 heavy (non-hydrogen) atoms. The summed E-state index contributed by atoms with van der Waals surface area (Å²) < 4.78 is 5.43. The Kier molecular flexibility index (Phi) is 5.70. The maximum absolute atomic E-state index is 12.7. The molecule has 2 aliphatic heterocycles. The van der Waals surface area contributed by atoms with E-state index < -0.39 is 5.92 Å². The van der Waals surface area contributed by atoms with Crippen LogP contribution in [0.5, 0.6) is 5.75 Å². The van der Waals surface area contributed by atoms with Crippen LogP contribution in [0, 0.1) is 5.92 Å². The molecule has 4 rings (SSSR count). The van der Waals surface area contributed by atoms with Gasteiger partial charge in [-0.25, -0.2) is 0 Å². The lowest BCUT2D eigenvalue weighted by Gasteiger charge is -2.18. The summed E-state index contributed by atoms with van der Waals surface area (Å²) in [6.45, 7) is 3.58. The van der Waals surface area contributed by atoms with E-state index >= 15 is 0 Å². The molecule has 2 heterocycles. The summed E-state index contributed by atoms with van der Waals surface area (Å²) in [6, 6.07) is 14.6. The highest BCUT2D eigenvalue weighted by Crippen LogP contribution is 2.28. The largest absolute Gasteiger partial charge is 0.494 e. The van der Waals surface area contributed by atoms with Gasteiger partial charge in [0.25, 0.3) is 0 Å². The number of anilines is 3. The molecule has 0 spiro atoms. The number of nitrogens with one attached hydrogen (secondary N) is 1. The summed E-state index contributed by atoms with van der Waals surface area (Å²) in [5.74, 6) is 0.222. The number of hydrogen-bond acceptors (Lipinski definition) is 4. The van der Waals surface area contributed by atoms with Crippen LogP contribution in [0.2, 0.25) is 0 Å². The van der Waals surface area contributed by atoms with Crippen LogP contribution >= 0.6 is 0 Å². The van der Waals surface area contributed by atoms with Crippen LogP contribution in [-0.4, -0.2) is 37.4 Å². The highest BCUT2D eigenvalue weighted by molar-refractivity contribution is 6.03. The molecule has 7 heteroatoms. The molecule has 3 amide bonds. The lowest BCUT2D eigenvalue weighted by molar-refractivity contribution is -0.122. The average Bonchev–Trinajstić information content (AvgIpc) is 3.35. The summed E-state index contributed by atoms with van der Waals surface area (Å²) in [4.78, 5) is 40.4.